The van der Waals surface area contributed by atoms with E-state index in [1.807, 2.05) is 0 Å². The summed E-state index contributed by atoms with van der Waals surface area (Å²) in [6.45, 7) is 0. The lowest BCUT2D eigenvalue weighted by Crippen LogP contribution is -2.41. The molecule has 0 aromatic heterocycles. The molecule has 21 heavy (non-hydrogen) atoms. The van der Waals surface area contributed by atoms with Gasteiger partial charge in [0.25, 0.3) is 10.1 Å². The van der Waals surface area contributed by atoms with Gasteiger partial charge in [-0.25, -0.2) is 13.6 Å². The standard InChI is InChI=1S/C12H12ClNO5S2/c13-12(21(17,18)19)8-4-7-10(20(14,15)16)11(12)9-5-2-1-3-6-9/h1-8,11H,(H2,14,15,16)(H,17,18,19). The average molecular weight is 350 g/mol. The zero-order valence-corrected chi connectivity index (χ0v) is 12.9. The third-order valence-electron chi connectivity index (χ3n) is 3.12. The molecule has 0 fully saturated rings. The zero-order valence-electron chi connectivity index (χ0n) is 10.5. The van der Waals surface area contributed by atoms with Crippen molar-refractivity contribution in [1.82, 2.24) is 0 Å². The molecule has 1 aliphatic carbocycles. The van der Waals surface area contributed by atoms with Gasteiger partial charge in [-0.3, -0.25) is 4.55 Å². The molecule has 1 aliphatic rings. The van der Waals surface area contributed by atoms with Gasteiger partial charge in [-0.1, -0.05) is 48.0 Å². The summed E-state index contributed by atoms with van der Waals surface area (Å²) in [7, 11) is -9.00. The average Bonchev–Trinajstić information content (AvgIpc) is 2.37. The summed E-state index contributed by atoms with van der Waals surface area (Å²) in [6, 6.07) is 7.87. The smallest absolute Gasteiger partial charge is 0.284 e. The number of benzene rings is 1. The monoisotopic (exact) mass is 349 g/mol. The van der Waals surface area contributed by atoms with Gasteiger partial charge in [-0.2, -0.15) is 8.42 Å². The van der Waals surface area contributed by atoms with Crippen LogP contribution in [-0.2, 0) is 20.1 Å². The van der Waals surface area contributed by atoms with E-state index in [2.05, 4.69) is 0 Å². The fourth-order valence-corrected chi connectivity index (χ4v) is 4.38. The Hall–Kier alpha value is -1.19. The van der Waals surface area contributed by atoms with Gasteiger partial charge in [0.2, 0.25) is 10.0 Å². The minimum Gasteiger partial charge on any atom is -0.284 e. The van der Waals surface area contributed by atoms with Crippen molar-refractivity contribution in [3.8, 4) is 0 Å². The number of primary sulfonamides is 1. The van der Waals surface area contributed by atoms with E-state index in [9.17, 15) is 21.4 Å². The molecule has 0 saturated carbocycles. The van der Waals surface area contributed by atoms with Crippen molar-refractivity contribution in [3.63, 3.8) is 0 Å². The molecule has 3 N–H and O–H groups in total. The normalized spacial score (nSPS) is 26.4. The highest BCUT2D eigenvalue weighted by Crippen LogP contribution is 2.47. The van der Waals surface area contributed by atoms with Crippen LogP contribution >= 0.6 is 11.6 Å². The van der Waals surface area contributed by atoms with Crippen LogP contribution in [0, 0.1) is 0 Å². The minimum absolute atomic E-state index is 0.301. The van der Waals surface area contributed by atoms with Gasteiger partial charge in [0.15, 0.2) is 4.21 Å². The lowest BCUT2D eigenvalue weighted by atomic mass is 9.91. The van der Waals surface area contributed by atoms with Crippen molar-refractivity contribution in [2.24, 2.45) is 5.14 Å². The summed E-state index contributed by atoms with van der Waals surface area (Å²) in [5.41, 5.74) is 0.301. The van der Waals surface area contributed by atoms with Crippen LogP contribution in [0.5, 0.6) is 0 Å². The number of nitrogens with two attached hydrogens (primary N) is 1. The molecule has 0 heterocycles. The van der Waals surface area contributed by atoms with E-state index in [1.165, 1.54) is 18.2 Å². The van der Waals surface area contributed by atoms with E-state index in [-0.39, 0.29) is 4.91 Å². The maximum absolute atomic E-state index is 11.7. The second kappa shape index (κ2) is 5.22. The maximum atomic E-state index is 11.7. The molecule has 0 radical (unpaired) electrons. The van der Waals surface area contributed by atoms with Gasteiger partial charge in [-0.05, 0) is 17.7 Å². The van der Waals surface area contributed by atoms with Gasteiger partial charge < -0.3 is 0 Å². The SMILES string of the molecule is NS(=O)(=O)C1=CC=CC(Cl)(S(=O)(=O)O)C1c1ccccc1. The molecular weight excluding hydrogens is 338 g/mol. The predicted octanol–water partition coefficient (Wildman–Crippen LogP) is 1.34. The molecule has 0 saturated heterocycles. The van der Waals surface area contributed by atoms with Crippen LogP contribution in [0.4, 0.5) is 0 Å². The molecule has 6 nitrogen and oxygen atoms in total. The van der Waals surface area contributed by atoms with Crippen LogP contribution < -0.4 is 5.14 Å². The number of sulfonamides is 1. The van der Waals surface area contributed by atoms with Gasteiger partial charge >= 0.3 is 0 Å². The number of rotatable bonds is 3. The second-order valence-electron chi connectivity index (χ2n) is 4.49. The molecule has 1 aromatic carbocycles. The van der Waals surface area contributed by atoms with E-state index in [0.29, 0.717) is 5.56 Å². The quantitative estimate of drug-likeness (QED) is 0.631. The summed E-state index contributed by atoms with van der Waals surface area (Å²) in [5.74, 6) is -1.35. The van der Waals surface area contributed by atoms with E-state index in [4.69, 9.17) is 16.7 Å². The Morgan fingerprint density at radius 3 is 2.19 bits per heavy atom. The van der Waals surface area contributed by atoms with Crippen LogP contribution in [0.2, 0.25) is 0 Å². The summed E-state index contributed by atoms with van der Waals surface area (Å²) in [5, 5.41) is 5.14. The van der Waals surface area contributed by atoms with Crippen molar-refractivity contribution >= 4 is 31.7 Å². The van der Waals surface area contributed by atoms with Crippen molar-refractivity contribution in [3.05, 3.63) is 59.0 Å². The maximum Gasteiger partial charge on any atom is 0.289 e. The molecule has 2 atom stereocenters. The Morgan fingerprint density at radius 2 is 1.71 bits per heavy atom. The number of hydrogen-bond acceptors (Lipinski definition) is 4. The third kappa shape index (κ3) is 2.90. The molecule has 2 rings (SSSR count). The van der Waals surface area contributed by atoms with Crippen LogP contribution in [-0.4, -0.2) is 25.6 Å². The van der Waals surface area contributed by atoms with Crippen LogP contribution in [0.25, 0.3) is 0 Å². The van der Waals surface area contributed by atoms with Crippen molar-refractivity contribution < 1.29 is 21.4 Å². The molecule has 9 heteroatoms. The molecule has 0 aliphatic heterocycles. The number of alkyl halides is 1. The first kappa shape index (κ1) is 16.2. The summed E-state index contributed by atoms with van der Waals surface area (Å²) in [4.78, 5) is -0.385. The fraction of sp³-hybridized carbons (Fsp3) is 0.167. The Balaban J connectivity index is 2.77. The van der Waals surface area contributed by atoms with E-state index >= 15 is 0 Å². The molecule has 0 amide bonds. The second-order valence-corrected chi connectivity index (χ2v) is 8.53. The zero-order chi connectivity index (χ0) is 15.9. The Labute approximate surface area is 127 Å². The van der Waals surface area contributed by atoms with Crippen molar-refractivity contribution in [2.45, 2.75) is 10.1 Å². The topological polar surface area (TPSA) is 115 Å². The Morgan fingerprint density at radius 1 is 1.14 bits per heavy atom. The van der Waals surface area contributed by atoms with E-state index in [1.54, 1.807) is 18.2 Å². The summed E-state index contributed by atoms with van der Waals surface area (Å²) >= 11 is 6.07. The van der Waals surface area contributed by atoms with Crippen LogP contribution in [0.15, 0.2) is 53.5 Å². The predicted molar refractivity (Wildman–Crippen MR) is 79.6 cm³/mol. The lowest BCUT2D eigenvalue weighted by molar-refractivity contribution is 0.461. The first-order chi connectivity index (χ1) is 9.57. The van der Waals surface area contributed by atoms with Gasteiger partial charge in [0.05, 0.1) is 10.8 Å². The molecule has 0 bridgehead atoms. The largest absolute Gasteiger partial charge is 0.289 e. The summed E-state index contributed by atoms with van der Waals surface area (Å²) in [6.07, 6.45) is 3.33. The number of allylic oxidation sites excluding steroid dienone is 3. The highest BCUT2D eigenvalue weighted by Gasteiger charge is 2.51. The molecular formula is C12H12ClNO5S2. The highest BCUT2D eigenvalue weighted by atomic mass is 35.5. The first-order valence-electron chi connectivity index (χ1n) is 5.70. The van der Waals surface area contributed by atoms with E-state index < -0.39 is 30.3 Å². The molecule has 0 spiro atoms. The summed E-state index contributed by atoms with van der Waals surface area (Å²) < 4.78 is 53.9. The molecule has 2 unspecified atom stereocenters. The fourth-order valence-electron chi connectivity index (χ4n) is 2.19. The van der Waals surface area contributed by atoms with Crippen molar-refractivity contribution in [1.29, 1.82) is 0 Å². The Kier molecular flexibility index (Phi) is 4.02. The van der Waals surface area contributed by atoms with Gasteiger partial charge in [0.1, 0.15) is 0 Å². The van der Waals surface area contributed by atoms with E-state index in [0.717, 1.165) is 12.2 Å². The van der Waals surface area contributed by atoms with Crippen molar-refractivity contribution in [2.75, 3.05) is 0 Å². The number of halogens is 1. The Bertz CT molecular complexity index is 814. The van der Waals surface area contributed by atoms with Crippen LogP contribution in [0.3, 0.4) is 0 Å². The highest BCUT2D eigenvalue weighted by molar-refractivity contribution is 7.93. The molecule has 114 valence electrons. The molecule has 1 aromatic rings. The minimum atomic E-state index is -4.80. The van der Waals surface area contributed by atoms with Crippen LogP contribution in [0.1, 0.15) is 11.5 Å². The third-order valence-corrected chi connectivity index (χ3v) is 6.24. The van der Waals surface area contributed by atoms with Gasteiger partial charge in [-0.15, -0.1) is 0 Å². The first-order valence-corrected chi connectivity index (χ1v) is 9.07. The number of hydrogen-bond donors (Lipinski definition) is 2. The van der Waals surface area contributed by atoms with Gasteiger partial charge in [0, 0.05) is 0 Å². The lowest BCUT2D eigenvalue weighted by Gasteiger charge is -2.33.